The summed E-state index contributed by atoms with van der Waals surface area (Å²) >= 11 is 1.60. The van der Waals surface area contributed by atoms with Crippen molar-refractivity contribution in [3.8, 4) is 11.5 Å². The molecule has 27 heavy (non-hydrogen) atoms. The number of fused-ring (bicyclic) bond motifs is 1. The van der Waals surface area contributed by atoms with Crippen LogP contribution in [0.5, 0.6) is 11.5 Å². The van der Waals surface area contributed by atoms with E-state index in [0.29, 0.717) is 17.4 Å². The number of rotatable bonds is 6. The normalized spacial score (nSPS) is 15.7. The highest BCUT2D eigenvalue weighted by Gasteiger charge is 2.27. The van der Waals surface area contributed by atoms with Crippen LogP contribution in [0.25, 0.3) is 5.70 Å². The summed E-state index contributed by atoms with van der Waals surface area (Å²) < 4.78 is 18.3. The second-order valence-corrected chi connectivity index (χ2v) is 7.06. The molecule has 1 aromatic carbocycles. The second kappa shape index (κ2) is 7.40. The number of benzene rings is 1. The lowest BCUT2D eigenvalue weighted by atomic mass is 10.1. The quantitative estimate of drug-likeness (QED) is 0.643. The first-order valence-electron chi connectivity index (χ1n) is 8.57. The first-order valence-corrected chi connectivity index (χ1v) is 9.56. The van der Waals surface area contributed by atoms with Crippen molar-refractivity contribution in [2.24, 2.45) is 0 Å². The molecule has 0 radical (unpaired) electrons. The van der Waals surface area contributed by atoms with E-state index >= 15 is 0 Å². The first-order chi connectivity index (χ1) is 13.2. The third kappa shape index (κ3) is 3.28. The summed E-state index contributed by atoms with van der Waals surface area (Å²) in [4.78, 5) is 4.62. The number of nitrogens with one attached hydrogen (secondary N) is 1. The van der Waals surface area contributed by atoms with Crippen LogP contribution in [0, 0.1) is 0 Å². The van der Waals surface area contributed by atoms with E-state index in [0.717, 1.165) is 27.9 Å². The molecule has 0 saturated heterocycles. The standard InChI is InChI=1S/C19H20N4O3S/c1-4-27-19-21-18-20-13(12-7-8-16(24-2)17(10-12)25-3)11-14(23(18)22-19)15-6-5-9-26-15/h5-11,14H,4H2,1-3H3,(H,20,21,22)/t14-/m1/s1. The zero-order chi connectivity index (χ0) is 18.8. The minimum atomic E-state index is -0.182. The molecule has 0 bridgehead atoms. The van der Waals surface area contributed by atoms with Crippen LogP contribution in [0.1, 0.15) is 24.3 Å². The van der Waals surface area contributed by atoms with Crippen molar-refractivity contribution in [3.05, 3.63) is 54.0 Å². The Morgan fingerprint density at radius 3 is 2.78 bits per heavy atom. The van der Waals surface area contributed by atoms with E-state index < -0.39 is 0 Å². The molecule has 0 aliphatic carbocycles. The van der Waals surface area contributed by atoms with Crippen molar-refractivity contribution in [3.63, 3.8) is 0 Å². The van der Waals surface area contributed by atoms with Gasteiger partial charge in [-0.3, -0.25) is 0 Å². The highest BCUT2D eigenvalue weighted by Crippen LogP contribution is 2.36. The molecule has 0 amide bonds. The number of ether oxygens (including phenoxy) is 2. The van der Waals surface area contributed by atoms with Gasteiger partial charge in [0.05, 0.1) is 20.5 Å². The number of anilines is 1. The molecule has 0 spiro atoms. The minimum Gasteiger partial charge on any atom is -0.493 e. The average Bonchev–Trinajstić information content (AvgIpc) is 3.36. The van der Waals surface area contributed by atoms with Crippen molar-refractivity contribution in [2.45, 2.75) is 18.1 Å². The van der Waals surface area contributed by atoms with Crippen molar-refractivity contribution in [1.82, 2.24) is 14.8 Å². The van der Waals surface area contributed by atoms with Crippen LogP contribution in [0.2, 0.25) is 0 Å². The number of methoxy groups -OCH3 is 2. The highest BCUT2D eigenvalue weighted by molar-refractivity contribution is 7.99. The summed E-state index contributed by atoms with van der Waals surface area (Å²) in [7, 11) is 3.25. The number of hydrogen-bond donors (Lipinski definition) is 1. The second-order valence-electron chi connectivity index (χ2n) is 5.83. The van der Waals surface area contributed by atoms with Crippen LogP contribution in [0.3, 0.4) is 0 Å². The largest absolute Gasteiger partial charge is 0.493 e. The first kappa shape index (κ1) is 17.5. The molecule has 0 saturated carbocycles. The Balaban J connectivity index is 1.77. The van der Waals surface area contributed by atoms with Crippen LogP contribution >= 0.6 is 11.8 Å². The van der Waals surface area contributed by atoms with Gasteiger partial charge in [0.25, 0.3) is 0 Å². The maximum Gasteiger partial charge on any atom is 0.227 e. The molecule has 140 valence electrons. The Bertz CT molecular complexity index is 966. The van der Waals surface area contributed by atoms with Crippen LogP contribution < -0.4 is 14.8 Å². The molecule has 4 rings (SSSR count). The van der Waals surface area contributed by atoms with Crippen LogP contribution in [0.4, 0.5) is 5.95 Å². The van der Waals surface area contributed by atoms with Gasteiger partial charge in [0, 0.05) is 11.3 Å². The SMILES string of the molecule is CCSc1nc2n(n1)[C@@H](c1ccco1)C=C(c1ccc(OC)c(OC)c1)N2. The third-order valence-electron chi connectivity index (χ3n) is 4.25. The molecule has 0 fully saturated rings. The lowest BCUT2D eigenvalue weighted by Gasteiger charge is -2.23. The number of furan rings is 1. The lowest BCUT2D eigenvalue weighted by Crippen LogP contribution is -2.19. The predicted molar refractivity (Wildman–Crippen MR) is 104 cm³/mol. The maximum absolute atomic E-state index is 5.65. The van der Waals surface area contributed by atoms with Gasteiger partial charge in [0.1, 0.15) is 11.8 Å². The zero-order valence-electron chi connectivity index (χ0n) is 15.3. The molecule has 3 heterocycles. The van der Waals surface area contributed by atoms with Crippen LogP contribution in [0.15, 0.2) is 52.2 Å². The number of hydrogen-bond acceptors (Lipinski definition) is 7. The van der Waals surface area contributed by atoms with Gasteiger partial charge < -0.3 is 19.2 Å². The number of thioether (sulfide) groups is 1. The minimum absolute atomic E-state index is 0.182. The predicted octanol–water partition coefficient (Wildman–Crippen LogP) is 4.06. The molecule has 2 aromatic heterocycles. The summed E-state index contributed by atoms with van der Waals surface area (Å²) in [6.07, 6.45) is 3.74. The van der Waals surface area contributed by atoms with Gasteiger partial charge in [-0.05, 0) is 42.2 Å². The van der Waals surface area contributed by atoms with E-state index in [4.69, 9.17) is 13.9 Å². The highest BCUT2D eigenvalue weighted by atomic mass is 32.2. The molecule has 0 unspecified atom stereocenters. The van der Waals surface area contributed by atoms with Crippen LogP contribution in [-0.2, 0) is 0 Å². The Hall–Kier alpha value is -2.87. The van der Waals surface area contributed by atoms with E-state index in [1.54, 1.807) is 32.2 Å². The van der Waals surface area contributed by atoms with Crippen molar-refractivity contribution in [2.75, 3.05) is 25.3 Å². The topological polar surface area (TPSA) is 74.3 Å². The van der Waals surface area contributed by atoms with Crippen molar-refractivity contribution in [1.29, 1.82) is 0 Å². The van der Waals surface area contributed by atoms with Gasteiger partial charge in [-0.1, -0.05) is 18.7 Å². The van der Waals surface area contributed by atoms with E-state index in [-0.39, 0.29) is 6.04 Å². The fraction of sp³-hybridized carbons (Fsp3) is 0.263. The molecule has 1 aliphatic heterocycles. The number of aromatic nitrogens is 3. The molecule has 7 nitrogen and oxygen atoms in total. The Morgan fingerprint density at radius 2 is 2.07 bits per heavy atom. The maximum atomic E-state index is 5.65. The fourth-order valence-electron chi connectivity index (χ4n) is 3.00. The Labute approximate surface area is 161 Å². The van der Waals surface area contributed by atoms with E-state index in [1.807, 2.05) is 35.0 Å². The van der Waals surface area contributed by atoms with E-state index in [9.17, 15) is 0 Å². The van der Waals surface area contributed by atoms with Gasteiger partial charge in [-0.2, -0.15) is 4.98 Å². The molecule has 1 N–H and O–H groups in total. The Morgan fingerprint density at radius 1 is 1.22 bits per heavy atom. The average molecular weight is 384 g/mol. The fourth-order valence-corrected chi connectivity index (χ4v) is 3.55. The zero-order valence-corrected chi connectivity index (χ0v) is 16.1. The molecule has 1 aliphatic rings. The van der Waals surface area contributed by atoms with E-state index in [2.05, 4.69) is 28.4 Å². The van der Waals surface area contributed by atoms with Gasteiger partial charge in [-0.15, -0.1) is 5.10 Å². The smallest absolute Gasteiger partial charge is 0.227 e. The summed E-state index contributed by atoms with van der Waals surface area (Å²) in [6.45, 7) is 2.08. The molecular formula is C19H20N4O3S. The number of allylic oxidation sites excluding steroid dienone is 1. The molecule has 1 atom stereocenters. The van der Waals surface area contributed by atoms with Gasteiger partial charge in [-0.25, -0.2) is 4.68 Å². The van der Waals surface area contributed by atoms with Gasteiger partial charge in [0.15, 0.2) is 11.5 Å². The molecule has 3 aromatic rings. The van der Waals surface area contributed by atoms with E-state index in [1.165, 1.54) is 0 Å². The van der Waals surface area contributed by atoms with Gasteiger partial charge in [0.2, 0.25) is 11.1 Å². The van der Waals surface area contributed by atoms with Gasteiger partial charge >= 0.3 is 0 Å². The molecule has 8 heteroatoms. The van der Waals surface area contributed by atoms with Crippen molar-refractivity contribution >= 4 is 23.4 Å². The summed E-state index contributed by atoms with van der Waals surface area (Å²) in [6, 6.07) is 9.43. The number of nitrogens with zero attached hydrogens (tertiary/aromatic N) is 3. The van der Waals surface area contributed by atoms with Crippen LogP contribution in [-0.4, -0.2) is 34.7 Å². The summed E-state index contributed by atoms with van der Waals surface area (Å²) in [5.41, 5.74) is 1.87. The Kier molecular flexibility index (Phi) is 4.81. The summed E-state index contributed by atoms with van der Waals surface area (Å²) in [5.74, 6) is 3.74. The third-order valence-corrected chi connectivity index (χ3v) is 4.97. The molecular weight excluding hydrogens is 364 g/mol. The summed E-state index contributed by atoms with van der Waals surface area (Å²) in [5, 5.41) is 8.73. The van der Waals surface area contributed by atoms with Crippen molar-refractivity contribution < 1.29 is 13.9 Å². The monoisotopic (exact) mass is 384 g/mol. The lowest BCUT2D eigenvalue weighted by molar-refractivity contribution is 0.355.